The van der Waals surface area contributed by atoms with E-state index >= 15 is 0 Å². The van der Waals surface area contributed by atoms with Crippen molar-refractivity contribution in [3.8, 4) is 0 Å². The van der Waals surface area contributed by atoms with Gasteiger partial charge in [0.2, 0.25) is 11.8 Å². The standard InChI is InChI=1S/C18H23F2N3O2.ClH/c19-14-4-1-5-15(20)16(14)12-9-13(12)18(25)23-8-2-3-11(10-23)17(24)22-7-6-21;/h1,4-5,11-13H,2-3,6-10,21H2,(H,22,24);1H. The number of nitrogens with two attached hydrogens (primary N) is 1. The minimum absolute atomic E-state index is 0. The summed E-state index contributed by atoms with van der Waals surface area (Å²) in [4.78, 5) is 26.4. The molecule has 2 fully saturated rings. The van der Waals surface area contributed by atoms with Crippen molar-refractivity contribution >= 4 is 24.2 Å². The highest BCUT2D eigenvalue weighted by Gasteiger charge is 2.48. The lowest BCUT2D eigenvalue weighted by molar-refractivity contribution is -0.136. The predicted octanol–water partition coefficient (Wildman–Crippen LogP) is 1.80. The fourth-order valence-corrected chi connectivity index (χ4v) is 3.62. The molecule has 144 valence electrons. The normalized spacial score (nSPS) is 24.6. The largest absolute Gasteiger partial charge is 0.355 e. The van der Waals surface area contributed by atoms with E-state index < -0.39 is 23.5 Å². The van der Waals surface area contributed by atoms with Crippen LogP contribution in [0.3, 0.4) is 0 Å². The van der Waals surface area contributed by atoms with E-state index in [1.54, 1.807) is 4.90 Å². The SMILES string of the molecule is Cl.NCCNC(=O)C1CCCN(C(=O)C2CC2c2c(F)cccc2F)C1. The first kappa shape index (κ1) is 20.6. The number of carbonyl (C=O) groups excluding carboxylic acids is 2. The number of carbonyl (C=O) groups is 2. The summed E-state index contributed by atoms with van der Waals surface area (Å²) in [5.74, 6) is -2.43. The van der Waals surface area contributed by atoms with E-state index in [0.717, 1.165) is 12.8 Å². The van der Waals surface area contributed by atoms with Crippen LogP contribution in [0.1, 0.15) is 30.7 Å². The number of benzene rings is 1. The molecule has 2 amide bonds. The Kier molecular flexibility index (Phi) is 6.94. The van der Waals surface area contributed by atoms with Gasteiger partial charge >= 0.3 is 0 Å². The Morgan fingerprint density at radius 3 is 2.62 bits per heavy atom. The third-order valence-electron chi connectivity index (χ3n) is 5.03. The minimum Gasteiger partial charge on any atom is -0.355 e. The zero-order chi connectivity index (χ0) is 18.0. The molecule has 1 heterocycles. The summed E-state index contributed by atoms with van der Waals surface area (Å²) in [6.45, 7) is 1.74. The summed E-state index contributed by atoms with van der Waals surface area (Å²) < 4.78 is 27.8. The average Bonchev–Trinajstić information content (AvgIpc) is 3.39. The number of nitrogens with one attached hydrogen (secondary N) is 1. The molecule has 1 saturated carbocycles. The topological polar surface area (TPSA) is 75.4 Å². The van der Waals surface area contributed by atoms with Crippen molar-refractivity contribution in [1.29, 1.82) is 0 Å². The van der Waals surface area contributed by atoms with Gasteiger partial charge in [-0.1, -0.05) is 6.07 Å². The van der Waals surface area contributed by atoms with E-state index in [0.29, 0.717) is 32.6 Å². The van der Waals surface area contributed by atoms with Gasteiger partial charge in [-0.05, 0) is 31.4 Å². The Morgan fingerprint density at radius 1 is 1.27 bits per heavy atom. The van der Waals surface area contributed by atoms with E-state index in [1.807, 2.05) is 0 Å². The number of hydrogen-bond acceptors (Lipinski definition) is 3. The van der Waals surface area contributed by atoms with Crippen LogP contribution in [0.4, 0.5) is 8.78 Å². The van der Waals surface area contributed by atoms with Crippen LogP contribution < -0.4 is 11.1 Å². The van der Waals surface area contributed by atoms with Gasteiger partial charge in [0.05, 0.1) is 5.92 Å². The molecule has 5 nitrogen and oxygen atoms in total. The molecular formula is C18H24ClF2N3O2. The maximum atomic E-state index is 13.9. The Balaban J connectivity index is 0.00000243. The molecule has 8 heteroatoms. The second-order valence-corrected chi connectivity index (χ2v) is 6.79. The van der Waals surface area contributed by atoms with Gasteiger partial charge in [-0.15, -0.1) is 12.4 Å². The maximum Gasteiger partial charge on any atom is 0.226 e. The van der Waals surface area contributed by atoms with Gasteiger partial charge in [0, 0.05) is 43.6 Å². The van der Waals surface area contributed by atoms with Crippen LogP contribution >= 0.6 is 12.4 Å². The average molecular weight is 388 g/mol. The number of likely N-dealkylation sites (tertiary alicyclic amines) is 1. The van der Waals surface area contributed by atoms with Crippen molar-refractivity contribution in [2.45, 2.75) is 25.2 Å². The van der Waals surface area contributed by atoms with Crippen LogP contribution in [-0.2, 0) is 9.59 Å². The quantitative estimate of drug-likeness (QED) is 0.809. The zero-order valence-corrected chi connectivity index (χ0v) is 15.2. The lowest BCUT2D eigenvalue weighted by Gasteiger charge is -2.32. The Bertz CT molecular complexity index is 654. The minimum atomic E-state index is -0.599. The summed E-state index contributed by atoms with van der Waals surface area (Å²) in [7, 11) is 0. The number of hydrogen-bond donors (Lipinski definition) is 2. The highest BCUT2D eigenvalue weighted by molar-refractivity contribution is 5.85. The van der Waals surface area contributed by atoms with Crippen LogP contribution in [0.2, 0.25) is 0 Å². The van der Waals surface area contributed by atoms with Crippen molar-refractivity contribution < 1.29 is 18.4 Å². The first-order valence-electron chi connectivity index (χ1n) is 8.73. The van der Waals surface area contributed by atoms with Crippen molar-refractivity contribution in [2.24, 2.45) is 17.6 Å². The first-order chi connectivity index (χ1) is 12.0. The number of amides is 2. The van der Waals surface area contributed by atoms with Crippen molar-refractivity contribution in [2.75, 3.05) is 26.2 Å². The van der Waals surface area contributed by atoms with Crippen molar-refractivity contribution in [3.63, 3.8) is 0 Å². The number of rotatable bonds is 5. The third-order valence-corrected chi connectivity index (χ3v) is 5.03. The predicted molar refractivity (Wildman–Crippen MR) is 95.8 cm³/mol. The molecular weight excluding hydrogens is 364 g/mol. The smallest absolute Gasteiger partial charge is 0.226 e. The van der Waals surface area contributed by atoms with Crippen LogP contribution in [-0.4, -0.2) is 42.9 Å². The monoisotopic (exact) mass is 387 g/mol. The van der Waals surface area contributed by atoms with Crippen molar-refractivity contribution in [3.05, 3.63) is 35.4 Å². The molecule has 1 aliphatic carbocycles. The highest BCUT2D eigenvalue weighted by atomic mass is 35.5. The van der Waals surface area contributed by atoms with Crippen LogP contribution in [0.25, 0.3) is 0 Å². The summed E-state index contributed by atoms with van der Waals surface area (Å²) in [6, 6.07) is 3.76. The van der Waals surface area contributed by atoms with Gasteiger partial charge in [0.15, 0.2) is 0 Å². The highest BCUT2D eigenvalue weighted by Crippen LogP contribution is 2.50. The lowest BCUT2D eigenvalue weighted by atomic mass is 9.96. The molecule has 0 radical (unpaired) electrons. The molecule has 1 aliphatic heterocycles. The summed E-state index contributed by atoms with van der Waals surface area (Å²) in [5, 5.41) is 2.75. The first-order valence-corrected chi connectivity index (χ1v) is 8.73. The molecule has 2 aliphatic rings. The second kappa shape index (κ2) is 8.77. The molecule has 0 bridgehead atoms. The molecule has 3 N–H and O–H groups in total. The van der Waals surface area contributed by atoms with E-state index in [9.17, 15) is 18.4 Å². The van der Waals surface area contributed by atoms with Gasteiger partial charge in [0.1, 0.15) is 11.6 Å². The molecule has 1 aromatic rings. The van der Waals surface area contributed by atoms with Crippen molar-refractivity contribution in [1.82, 2.24) is 10.2 Å². The number of piperidine rings is 1. The van der Waals surface area contributed by atoms with Gasteiger partial charge in [0.25, 0.3) is 0 Å². The second-order valence-electron chi connectivity index (χ2n) is 6.79. The molecule has 3 rings (SSSR count). The number of nitrogens with zero attached hydrogens (tertiary/aromatic N) is 1. The number of halogens is 3. The van der Waals surface area contributed by atoms with E-state index in [2.05, 4.69) is 5.32 Å². The molecule has 0 spiro atoms. The van der Waals surface area contributed by atoms with E-state index in [1.165, 1.54) is 18.2 Å². The van der Waals surface area contributed by atoms with Crippen LogP contribution in [0, 0.1) is 23.5 Å². The molecule has 26 heavy (non-hydrogen) atoms. The molecule has 0 aromatic heterocycles. The van der Waals surface area contributed by atoms with Gasteiger partial charge in [-0.25, -0.2) is 8.78 Å². The molecule has 1 saturated heterocycles. The van der Waals surface area contributed by atoms with Crippen LogP contribution in [0.15, 0.2) is 18.2 Å². The van der Waals surface area contributed by atoms with Gasteiger partial charge < -0.3 is 16.0 Å². The Labute approximate surface area is 157 Å². The maximum absolute atomic E-state index is 13.9. The third kappa shape index (κ3) is 4.32. The Hall–Kier alpha value is -1.73. The fraction of sp³-hybridized carbons (Fsp3) is 0.556. The Morgan fingerprint density at radius 2 is 1.96 bits per heavy atom. The zero-order valence-electron chi connectivity index (χ0n) is 14.4. The fourth-order valence-electron chi connectivity index (χ4n) is 3.62. The molecule has 3 unspecified atom stereocenters. The van der Waals surface area contributed by atoms with E-state index in [-0.39, 0.29) is 35.7 Å². The van der Waals surface area contributed by atoms with Gasteiger partial charge in [-0.3, -0.25) is 9.59 Å². The van der Waals surface area contributed by atoms with Gasteiger partial charge in [-0.2, -0.15) is 0 Å². The summed E-state index contributed by atoms with van der Waals surface area (Å²) in [6.07, 6.45) is 1.94. The lowest BCUT2D eigenvalue weighted by Crippen LogP contribution is -2.46. The van der Waals surface area contributed by atoms with E-state index in [4.69, 9.17) is 5.73 Å². The molecule has 1 aromatic carbocycles. The van der Waals surface area contributed by atoms with Crippen LogP contribution in [0.5, 0.6) is 0 Å². The summed E-state index contributed by atoms with van der Waals surface area (Å²) >= 11 is 0. The molecule has 3 atom stereocenters. The summed E-state index contributed by atoms with van der Waals surface area (Å²) in [5.41, 5.74) is 5.39.